The minimum absolute atomic E-state index is 0.109. The maximum atomic E-state index is 10.9. The van der Waals surface area contributed by atoms with Gasteiger partial charge in [0.25, 0.3) is 5.69 Å². The van der Waals surface area contributed by atoms with Crippen LogP contribution in [0.5, 0.6) is 5.75 Å². The molecule has 2 rings (SSSR count). The summed E-state index contributed by atoms with van der Waals surface area (Å²) in [5.74, 6) is 0.727. The molecule has 0 aliphatic carbocycles. The fourth-order valence-electron chi connectivity index (χ4n) is 1.76. The van der Waals surface area contributed by atoms with Gasteiger partial charge in [0.1, 0.15) is 11.4 Å². The topological polar surface area (TPSA) is 57.3 Å². The number of nitrogens with zero attached hydrogens (tertiary/aromatic N) is 2. The summed E-state index contributed by atoms with van der Waals surface area (Å²) in [6.07, 6.45) is 1.68. The minimum atomic E-state index is -0.375. The van der Waals surface area contributed by atoms with Crippen molar-refractivity contribution in [1.82, 2.24) is 4.57 Å². The van der Waals surface area contributed by atoms with Crippen LogP contribution >= 0.6 is 0 Å². The van der Waals surface area contributed by atoms with Gasteiger partial charge in [-0.1, -0.05) is 0 Å². The van der Waals surface area contributed by atoms with Crippen LogP contribution in [0.15, 0.2) is 36.5 Å². The summed E-state index contributed by atoms with van der Waals surface area (Å²) in [4.78, 5) is 10.5. The molecule has 5 heteroatoms. The average molecular weight is 232 g/mol. The zero-order valence-corrected chi connectivity index (χ0v) is 9.58. The first-order chi connectivity index (χ1) is 8.13. The molecule has 17 heavy (non-hydrogen) atoms. The van der Waals surface area contributed by atoms with Crippen molar-refractivity contribution in [3.05, 3.63) is 46.6 Å². The first kappa shape index (κ1) is 11.2. The molecular formula is C12H12N2O3. The van der Waals surface area contributed by atoms with Crippen LogP contribution in [-0.4, -0.2) is 16.6 Å². The third-order valence-corrected chi connectivity index (χ3v) is 2.61. The summed E-state index contributed by atoms with van der Waals surface area (Å²) < 4.78 is 6.79. The summed E-state index contributed by atoms with van der Waals surface area (Å²) in [5.41, 5.74) is 1.50. The number of hydrogen-bond donors (Lipinski definition) is 0. The quantitative estimate of drug-likeness (QED) is 0.603. The second kappa shape index (κ2) is 4.29. The van der Waals surface area contributed by atoms with Crippen molar-refractivity contribution >= 4 is 5.69 Å². The van der Waals surface area contributed by atoms with Crippen LogP contribution in [0.2, 0.25) is 0 Å². The lowest BCUT2D eigenvalue weighted by atomic mass is 10.1. The normalized spacial score (nSPS) is 10.2. The first-order valence-electron chi connectivity index (χ1n) is 5.07. The Balaban J connectivity index is 2.51. The zero-order valence-electron chi connectivity index (χ0n) is 9.58. The fraction of sp³-hybridized carbons (Fsp3) is 0.167. The van der Waals surface area contributed by atoms with Crippen molar-refractivity contribution in [3.8, 4) is 17.0 Å². The maximum Gasteiger partial charge on any atom is 0.294 e. The van der Waals surface area contributed by atoms with E-state index in [0.29, 0.717) is 5.69 Å². The molecular weight excluding hydrogens is 220 g/mol. The van der Waals surface area contributed by atoms with Crippen molar-refractivity contribution in [3.63, 3.8) is 0 Å². The summed E-state index contributed by atoms with van der Waals surface area (Å²) >= 11 is 0. The van der Waals surface area contributed by atoms with Gasteiger partial charge in [0.15, 0.2) is 0 Å². The highest BCUT2D eigenvalue weighted by Crippen LogP contribution is 2.31. The Morgan fingerprint density at radius 2 is 1.88 bits per heavy atom. The van der Waals surface area contributed by atoms with Crippen molar-refractivity contribution in [2.45, 2.75) is 0 Å². The smallest absolute Gasteiger partial charge is 0.294 e. The second-order valence-corrected chi connectivity index (χ2v) is 3.65. The average Bonchev–Trinajstić information content (AvgIpc) is 2.71. The van der Waals surface area contributed by atoms with Gasteiger partial charge in [-0.05, 0) is 24.3 Å². The predicted octanol–water partition coefficient (Wildman–Crippen LogP) is 2.61. The first-order valence-corrected chi connectivity index (χ1v) is 5.07. The van der Waals surface area contributed by atoms with Crippen LogP contribution < -0.4 is 4.74 Å². The van der Waals surface area contributed by atoms with E-state index in [2.05, 4.69) is 0 Å². The van der Waals surface area contributed by atoms with Crippen molar-refractivity contribution in [1.29, 1.82) is 0 Å². The minimum Gasteiger partial charge on any atom is -0.497 e. The number of ether oxygens (including phenoxy) is 1. The molecule has 1 aromatic heterocycles. The van der Waals surface area contributed by atoms with Crippen LogP contribution in [0.3, 0.4) is 0 Å². The highest BCUT2D eigenvalue weighted by molar-refractivity contribution is 5.71. The molecule has 0 fully saturated rings. The number of aryl methyl sites for hydroxylation is 1. The molecule has 0 aliphatic heterocycles. The molecule has 0 radical (unpaired) electrons. The van der Waals surface area contributed by atoms with E-state index < -0.39 is 0 Å². The molecule has 0 saturated carbocycles. The van der Waals surface area contributed by atoms with Crippen LogP contribution in [0.1, 0.15) is 0 Å². The third-order valence-electron chi connectivity index (χ3n) is 2.61. The van der Waals surface area contributed by atoms with E-state index in [-0.39, 0.29) is 10.6 Å². The molecule has 0 unspecified atom stereocenters. The number of rotatable bonds is 3. The van der Waals surface area contributed by atoms with Crippen molar-refractivity contribution in [2.75, 3.05) is 7.11 Å². The Morgan fingerprint density at radius 3 is 2.41 bits per heavy atom. The third kappa shape index (κ3) is 1.99. The molecule has 1 heterocycles. The van der Waals surface area contributed by atoms with Gasteiger partial charge in [0.05, 0.1) is 12.0 Å². The molecule has 0 amide bonds. The molecule has 0 aliphatic rings. The Morgan fingerprint density at radius 1 is 1.24 bits per heavy atom. The fourth-order valence-corrected chi connectivity index (χ4v) is 1.76. The summed E-state index contributed by atoms with van der Waals surface area (Å²) in [5, 5.41) is 10.9. The van der Waals surface area contributed by atoms with Gasteiger partial charge >= 0.3 is 0 Å². The van der Waals surface area contributed by atoms with Gasteiger partial charge in [0, 0.05) is 24.9 Å². The summed E-state index contributed by atoms with van der Waals surface area (Å²) in [7, 11) is 3.37. The van der Waals surface area contributed by atoms with E-state index in [1.807, 2.05) is 0 Å². The lowest BCUT2D eigenvalue weighted by Gasteiger charge is -2.04. The van der Waals surface area contributed by atoms with Gasteiger partial charge in [-0.25, -0.2) is 0 Å². The number of hydrogen-bond acceptors (Lipinski definition) is 3. The van der Waals surface area contributed by atoms with Gasteiger partial charge in [0.2, 0.25) is 0 Å². The van der Waals surface area contributed by atoms with Gasteiger partial charge in [-0.3, -0.25) is 10.1 Å². The lowest BCUT2D eigenvalue weighted by Crippen LogP contribution is -1.94. The molecule has 2 aromatic rings. The second-order valence-electron chi connectivity index (χ2n) is 3.65. The standard InChI is InChI=1S/C12H12N2O3/c1-13-8-7-11(14(15)16)12(13)9-3-5-10(17-2)6-4-9/h3-8H,1-2H3. The predicted molar refractivity (Wildman–Crippen MR) is 64.1 cm³/mol. The van der Waals surface area contributed by atoms with E-state index in [1.165, 1.54) is 6.07 Å². The number of aromatic nitrogens is 1. The van der Waals surface area contributed by atoms with Crippen LogP contribution in [0, 0.1) is 10.1 Å². The Bertz CT molecular complexity index is 543. The molecule has 0 atom stereocenters. The molecule has 0 N–H and O–H groups in total. The maximum absolute atomic E-state index is 10.9. The van der Waals surface area contributed by atoms with E-state index in [1.54, 1.807) is 49.2 Å². The largest absolute Gasteiger partial charge is 0.497 e. The van der Waals surface area contributed by atoms with E-state index in [4.69, 9.17) is 4.74 Å². The van der Waals surface area contributed by atoms with Gasteiger partial charge in [-0.2, -0.15) is 0 Å². The van der Waals surface area contributed by atoms with Crippen LogP contribution in [0.4, 0.5) is 5.69 Å². The van der Waals surface area contributed by atoms with Crippen molar-refractivity contribution in [2.24, 2.45) is 7.05 Å². The van der Waals surface area contributed by atoms with Gasteiger partial charge < -0.3 is 9.30 Å². The van der Waals surface area contributed by atoms with Crippen LogP contribution in [-0.2, 0) is 7.05 Å². The number of methoxy groups -OCH3 is 1. The lowest BCUT2D eigenvalue weighted by molar-refractivity contribution is -0.384. The molecule has 1 aromatic carbocycles. The molecule has 0 bridgehead atoms. The van der Waals surface area contributed by atoms with Crippen LogP contribution in [0.25, 0.3) is 11.3 Å². The van der Waals surface area contributed by atoms with E-state index in [0.717, 1.165) is 11.3 Å². The Labute approximate surface area is 98.4 Å². The Hall–Kier alpha value is -2.30. The SMILES string of the molecule is COc1ccc(-c2c([N+](=O)[O-])ccn2C)cc1. The van der Waals surface area contributed by atoms with E-state index in [9.17, 15) is 10.1 Å². The summed E-state index contributed by atoms with van der Waals surface area (Å²) in [6, 6.07) is 8.68. The summed E-state index contributed by atoms with van der Waals surface area (Å²) in [6.45, 7) is 0. The van der Waals surface area contributed by atoms with Gasteiger partial charge in [-0.15, -0.1) is 0 Å². The molecule has 88 valence electrons. The molecule has 0 spiro atoms. The number of nitro groups is 1. The van der Waals surface area contributed by atoms with Crippen molar-refractivity contribution < 1.29 is 9.66 Å². The van der Waals surface area contributed by atoms with E-state index >= 15 is 0 Å². The molecule has 5 nitrogen and oxygen atoms in total. The highest BCUT2D eigenvalue weighted by atomic mass is 16.6. The highest BCUT2D eigenvalue weighted by Gasteiger charge is 2.18. The monoisotopic (exact) mass is 232 g/mol. The zero-order chi connectivity index (χ0) is 12.4. The number of benzene rings is 1. The molecule has 0 saturated heterocycles. The Kier molecular flexibility index (Phi) is 2.82.